The third-order valence-electron chi connectivity index (χ3n) is 2.05. The molecule has 0 aliphatic heterocycles. The van der Waals surface area contributed by atoms with Crippen LogP contribution < -0.4 is 11.5 Å². The van der Waals surface area contributed by atoms with Crippen molar-refractivity contribution in [2.75, 3.05) is 11.5 Å². The largest absolute Gasteiger partial charge is 0.398 e. The average Bonchev–Trinajstić information content (AvgIpc) is 2.57. The Balaban J connectivity index is 2.57. The number of hydrogen-bond acceptors (Lipinski definition) is 5. The van der Waals surface area contributed by atoms with E-state index in [-0.39, 0.29) is 5.95 Å². The summed E-state index contributed by atoms with van der Waals surface area (Å²) >= 11 is 0. The van der Waals surface area contributed by atoms with Gasteiger partial charge in [-0.1, -0.05) is 6.07 Å². The maximum Gasteiger partial charge on any atom is 0.261 e. The molecule has 0 spiro atoms. The first-order valence-electron chi connectivity index (χ1n) is 4.13. The Labute approximate surface area is 80.7 Å². The zero-order valence-corrected chi connectivity index (χ0v) is 7.69. The molecule has 1 heterocycles. The highest BCUT2D eigenvalue weighted by Crippen LogP contribution is 2.25. The molecular formula is C9H10N4O. The second kappa shape index (κ2) is 3.02. The SMILES string of the molecule is Cc1c(N)cccc1-c1nc(N)no1. The van der Waals surface area contributed by atoms with Crippen LogP contribution in [-0.4, -0.2) is 10.1 Å². The van der Waals surface area contributed by atoms with Crippen LogP contribution in [0.25, 0.3) is 11.5 Å². The van der Waals surface area contributed by atoms with Gasteiger partial charge in [-0.05, 0) is 29.8 Å². The van der Waals surface area contributed by atoms with E-state index in [4.69, 9.17) is 16.0 Å². The van der Waals surface area contributed by atoms with E-state index >= 15 is 0 Å². The molecule has 2 aromatic rings. The lowest BCUT2D eigenvalue weighted by molar-refractivity contribution is 0.433. The maximum absolute atomic E-state index is 5.74. The van der Waals surface area contributed by atoms with Gasteiger partial charge in [0.1, 0.15) is 0 Å². The lowest BCUT2D eigenvalue weighted by atomic mass is 10.1. The van der Waals surface area contributed by atoms with Gasteiger partial charge in [-0.15, -0.1) is 0 Å². The Morgan fingerprint density at radius 2 is 2.07 bits per heavy atom. The van der Waals surface area contributed by atoms with E-state index in [2.05, 4.69) is 10.1 Å². The summed E-state index contributed by atoms with van der Waals surface area (Å²) in [6.45, 7) is 1.89. The van der Waals surface area contributed by atoms with Crippen molar-refractivity contribution in [2.24, 2.45) is 0 Å². The molecule has 0 fully saturated rings. The lowest BCUT2D eigenvalue weighted by Gasteiger charge is -2.02. The number of nitrogens with zero attached hydrogens (tertiary/aromatic N) is 2. The lowest BCUT2D eigenvalue weighted by Crippen LogP contribution is -1.92. The first-order valence-corrected chi connectivity index (χ1v) is 4.13. The molecule has 0 unspecified atom stereocenters. The van der Waals surface area contributed by atoms with Crippen molar-refractivity contribution in [2.45, 2.75) is 6.92 Å². The predicted molar refractivity (Wildman–Crippen MR) is 53.3 cm³/mol. The highest BCUT2D eigenvalue weighted by molar-refractivity contribution is 5.67. The Hall–Kier alpha value is -2.04. The van der Waals surface area contributed by atoms with Gasteiger partial charge in [0.05, 0.1) is 0 Å². The van der Waals surface area contributed by atoms with Crippen LogP contribution in [-0.2, 0) is 0 Å². The second-order valence-electron chi connectivity index (χ2n) is 2.98. The van der Waals surface area contributed by atoms with Crippen LogP contribution in [0.3, 0.4) is 0 Å². The minimum Gasteiger partial charge on any atom is -0.398 e. The summed E-state index contributed by atoms with van der Waals surface area (Å²) in [6, 6.07) is 5.51. The molecule has 0 aliphatic rings. The fourth-order valence-corrected chi connectivity index (χ4v) is 1.23. The molecule has 0 amide bonds. The number of nitrogen functional groups attached to an aromatic ring is 2. The standard InChI is InChI=1S/C9H10N4O/c1-5-6(3-2-4-7(5)10)8-12-9(11)13-14-8/h2-4H,10H2,1H3,(H2,11,13). The van der Waals surface area contributed by atoms with Gasteiger partial charge in [0.15, 0.2) is 0 Å². The molecular weight excluding hydrogens is 180 g/mol. The fourth-order valence-electron chi connectivity index (χ4n) is 1.23. The van der Waals surface area contributed by atoms with Gasteiger partial charge in [-0.2, -0.15) is 4.98 Å². The summed E-state index contributed by atoms with van der Waals surface area (Å²) in [5, 5.41) is 3.51. The summed E-state index contributed by atoms with van der Waals surface area (Å²) in [4.78, 5) is 3.93. The van der Waals surface area contributed by atoms with Crippen molar-refractivity contribution in [3.8, 4) is 11.5 Å². The first-order chi connectivity index (χ1) is 6.68. The first kappa shape index (κ1) is 8.55. The molecule has 5 heteroatoms. The summed E-state index contributed by atoms with van der Waals surface area (Å²) in [5.74, 6) is 0.522. The van der Waals surface area contributed by atoms with Gasteiger partial charge < -0.3 is 16.0 Å². The molecule has 0 radical (unpaired) electrons. The van der Waals surface area contributed by atoms with Crippen LogP contribution in [0.4, 0.5) is 11.6 Å². The third kappa shape index (κ3) is 1.28. The number of anilines is 2. The summed E-state index contributed by atoms with van der Waals surface area (Å²) < 4.78 is 4.94. The highest BCUT2D eigenvalue weighted by atomic mass is 16.5. The molecule has 5 nitrogen and oxygen atoms in total. The van der Waals surface area contributed by atoms with Gasteiger partial charge >= 0.3 is 0 Å². The van der Waals surface area contributed by atoms with E-state index in [1.54, 1.807) is 0 Å². The van der Waals surface area contributed by atoms with Crippen molar-refractivity contribution in [1.29, 1.82) is 0 Å². The Kier molecular flexibility index (Phi) is 1.85. The molecule has 14 heavy (non-hydrogen) atoms. The van der Waals surface area contributed by atoms with Crippen molar-refractivity contribution >= 4 is 11.6 Å². The number of benzene rings is 1. The summed E-state index contributed by atoms with van der Waals surface area (Å²) in [7, 11) is 0. The van der Waals surface area contributed by atoms with Crippen LogP contribution in [0, 0.1) is 6.92 Å². The van der Waals surface area contributed by atoms with Crippen LogP contribution in [0.5, 0.6) is 0 Å². The van der Waals surface area contributed by atoms with Gasteiger partial charge in [-0.25, -0.2) is 0 Å². The van der Waals surface area contributed by atoms with E-state index in [0.29, 0.717) is 11.6 Å². The number of rotatable bonds is 1. The molecule has 2 rings (SSSR count). The average molecular weight is 190 g/mol. The van der Waals surface area contributed by atoms with Crippen molar-refractivity contribution in [3.63, 3.8) is 0 Å². The quantitative estimate of drug-likeness (QED) is 0.659. The normalized spacial score (nSPS) is 10.4. The van der Waals surface area contributed by atoms with Crippen LogP contribution in [0.15, 0.2) is 22.7 Å². The van der Waals surface area contributed by atoms with Crippen LogP contribution in [0.1, 0.15) is 5.56 Å². The molecule has 0 saturated carbocycles. The monoisotopic (exact) mass is 190 g/mol. The van der Waals surface area contributed by atoms with Gasteiger partial charge in [0.25, 0.3) is 11.8 Å². The minimum absolute atomic E-state index is 0.127. The molecule has 0 atom stereocenters. The minimum atomic E-state index is 0.127. The van der Waals surface area contributed by atoms with Crippen LogP contribution >= 0.6 is 0 Å². The maximum atomic E-state index is 5.74. The zero-order valence-electron chi connectivity index (χ0n) is 7.69. The molecule has 0 aliphatic carbocycles. The van der Waals surface area contributed by atoms with Crippen molar-refractivity contribution in [1.82, 2.24) is 10.1 Å². The van der Waals surface area contributed by atoms with E-state index in [1.807, 2.05) is 25.1 Å². The van der Waals surface area contributed by atoms with Crippen LogP contribution in [0.2, 0.25) is 0 Å². The smallest absolute Gasteiger partial charge is 0.261 e. The summed E-state index contributed by atoms with van der Waals surface area (Å²) in [5.41, 5.74) is 13.5. The molecule has 0 saturated heterocycles. The van der Waals surface area contributed by atoms with Gasteiger partial charge in [0.2, 0.25) is 0 Å². The number of nitrogens with two attached hydrogens (primary N) is 2. The summed E-state index contributed by atoms with van der Waals surface area (Å²) in [6.07, 6.45) is 0. The Morgan fingerprint density at radius 1 is 1.29 bits per heavy atom. The Morgan fingerprint density at radius 3 is 2.71 bits per heavy atom. The fraction of sp³-hybridized carbons (Fsp3) is 0.111. The number of aromatic nitrogens is 2. The molecule has 72 valence electrons. The van der Waals surface area contributed by atoms with E-state index in [9.17, 15) is 0 Å². The highest BCUT2D eigenvalue weighted by Gasteiger charge is 2.10. The number of hydrogen-bond donors (Lipinski definition) is 2. The molecule has 1 aromatic carbocycles. The molecule has 0 bridgehead atoms. The predicted octanol–water partition coefficient (Wildman–Crippen LogP) is 1.21. The second-order valence-corrected chi connectivity index (χ2v) is 2.98. The van der Waals surface area contributed by atoms with Crippen molar-refractivity contribution in [3.05, 3.63) is 23.8 Å². The van der Waals surface area contributed by atoms with E-state index in [1.165, 1.54) is 0 Å². The molecule has 4 N–H and O–H groups in total. The van der Waals surface area contributed by atoms with Crippen molar-refractivity contribution < 1.29 is 4.52 Å². The van der Waals surface area contributed by atoms with E-state index in [0.717, 1.165) is 11.1 Å². The van der Waals surface area contributed by atoms with Gasteiger partial charge in [-0.3, -0.25) is 0 Å². The van der Waals surface area contributed by atoms with Gasteiger partial charge in [0, 0.05) is 11.3 Å². The topological polar surface area (TPSA) is 91.0 Å². The Bertz CT molecular complexity index is 464. The third-order valence-corrected chi connectivity index (χ3v) is 2.05. The zero-order chi connectivity index (χ0) is 10.1. The van der Waals surface area contributed by atoms with E-state index < -0.39 is 0 Å². The molecule has 1 aromatic heterocycles.